The molecule has 1 amide bonds. The number of rotatable bonds is 6. The third-order valence-corrected chi connectivity index (χ3v) is 3.22. The summed E-state index contributed by atoms with van der Waals surface area (Å²) in [7, 11) is 0. The second-order valence-corrected chi connectivity index (χ2v) is 5.13. The minimum absolute atomic E-state index is 0.317. The van der Waals surface area contributed by atoms with Crippen LogP contribution in [0.1, 0.15) is 19.4 Å². The molecule has 1 rings (SSSR count). The Labute approximate surface area is 107 Å². The van der Waals surface area contributed by atoms with Gasteiger partial charge in [0, 0.05) is 11.4 Å². The molecule has 0 saturated heterocycles. The first-order valence-electron chi connectivity index (χ1n) is 5.81. The summed E-state index contributed by atoms with van der Waals surface area (Å²) >= 11 is 1.81. The maximum absolute atomic E-state index is 11.1. The lowest BCUT2D eigenvalue weighted by atomic mass is 10.1. The number of benzene rings is 1. The molecule has 0 fully saturated rings. The van der Waals surface area contributed by atoms with Crippen molar-refractivity contribution in [3.8, 4) is 0 Å². The lowest BCUT2D eigenvalue weighted by molar-refractivity contribution is -0.128. The third kappa shape index (κ3) is 5.24. The zero-order valence-electron chi connectivity index (χ0n) is 10.3. The van der Waals surface area contributed by atoms with Crippen molar-refractivity contribution in [2.24, 2.45) is 0 Å². The van der Waals surface area contributed by atoms with Crippen LogP contribution in [-0.2, 0) is 11.2 Å². The van der Waals surface area contributed by atoms with Gasteiger partial charge in [0.1, 0.15) is 6.10 Å². The number of carbonyl (C=O) groups excluding carboxylic acids is 1. The molecular weight excluding hydrogens is 234 g/mol. The number of carbonyl (C=O) groups is 1. The van der Waals surface area contributed by atoms with Crippen LogP contribution in [0.25, 0.3) is 0 Å². The zero-order valence-corrected chi connectivity index (χ0v) is 11.1. The van der Waals surface area contributed by atoms with E-state index < -0.39 is 6.10 Å². The van der Waals surface area contributed by atoms with E-state index in [1.165, 1.54) is 17.4 Å². The summed E-state index contributed by atoms with van der Waals surface area (Å²) in [6.07, 6.45) is -0.145. The molecule has 0 aliphatic rings. The molecule has 1 atom stereocenters. The smallest absolute Gasteiger partial charge is 0.248 e. The molecule has 0 aliphatic carbocycles. The highest BCUT2D eigenvalue weighted by atomic mass is 32.2. The van der Waals surface area contributed by atoms with Gasteiger partial charge in [-0.15, -0.1) is 11.8 Å². The third-order valence-electron chi connectivity index (χ3n) is 2.33. The van der Waals surface area contributed by atoms with E-state index >= 15 is 0 Å². The van der Waals surface area contributed by atoms with Crippen molar-refractivity contribution in [1.82, 2.24) is 5.32 Å². The lowest BCUT2D eigenvalue weighted by Crippen LogP contribution is -2.33. The summed E-state index contributed by atoms with van der Waals surface area (Å²) in [5.41, 5.74) is 1.19. The maximum atomic E-state index is 11.1. The fourth-order valence-corrected chi connectivity index (χ4v) is 2.06. The fraction of sp³-hybridized carbons (Fsp3) is 0.462. The number of aliphatic hydroxyl groups is 1. The van der Waals surface area contributed by atoms with Crippen LogP contribution in [0.2, 0.25) is 0 Å². The quantitative estimate of drug-likeness (QED) is 0.761. The number of amides is 1. The molecule has 0 saturated carbocycles. The number of thioether (sulfide) groups is 1. The molecule has 17 heavy (non-hydrogen) atoms. The van der Waals surface area contributed by atoms with E-state index in [0.717, 1.165) is 12.2 Å². The van der Waals surface area contributed by atoms with Crippen molar-refractivity contribution >= 4 is 17.7 Å². The Bertz CT molecular complexity index is 349. The van der Waals surface area contributed by atoms with Crippen molar-refractivity contribution in [2.45, 2.75) is 31.3 Å². The fourth-order valence-electron chi connectivity index (χ4n) is 1.40. The van der Waals surface area contributed by atoms with Crippen LogP contribution in [0.15, 0.2) is 29.2 Å². The summed E-state index contributed by atoms with van der Waals surface area (Å²) < 4.78 is 0. The van der Waals surface area contributed by atoms with Crippen LogP contribution in [0.5, 0.6) is 0 Å². The highest BCUT2D eigenvalue weighted by Crippen LogP contribution is 2.17. The van der Waals surface area contributed by atoms with Gasteiger partial charge in [0.25, 0.3) is 0 Å². The van der Waals surface area contributed by atoms with Gasteiger partial charge in [-0.3, -0.25) is 4.79 Å². The molecule has 2 N–H and O–H groups in total. The zero-order chi connectivity index (χ0) is 12.7. The molecule has 0 radical (unpaired) electrons. The van der Waals surface area contributed by atoms with Gasteiger partial charge in [0.05, 0.1) is 0 Å². The molecule has 0 heterocycles. The van der Waals surface area contributed by atoms with Crippen LogP contribution < -0.4 is 5.32 Å². The van der Waals surface area contributed by atoms with Gasteiger partial charge in [0.2, 0.25) is 5.91 Å². The second kappa shape index (κ2) is 7.35. The number of aliphatic hydroxyl groups excluding tert-OH is 1. The van der Waals surface area contributed by atoms with Crippen LogP contribution in [-0.4, -0.2) is 29.4 Å². The average molecular weight is 253 g/mol. The van der Waals surface area contributed by atoms with Crippen molar-refractivity contribution in [3.63, 3.8) is 0 Å². The Morgan fingerprint density at radius 2 is 2.06 bits per heavy atom. The van der Waals surface area contributed by atoms with Gasteiger partial charge in [-0.2, -0.15) is 0 Å². The Morgan fingerprint density at radius 1 is 1.41 bits per heavy atom. The Kier molecular flexibility index (Phi) is 6.08. The van der Waals surface area contributed by atoms with Crippen molar-refractivity contribution in [1.29, 1.82) is 0 Å². The molecule has 94 valence electrons. The van der Waals surface area contributed by atoms with Crippen LogP contribution in [0.4, 0.5) is 0 Å². The van der Waals surface area contributed by atoms with Crippen molar-refractivity contribution in [2.75, 3.05) is 12.3 Å². The first-order valence-corrected chi connectivity index (χ1v) is 6.79. The highest BCUT2D eigenvalue weighted by molar-refractivity contribution is 7.99. The van der Waals surface area contributed by atoms with Gasteiger partial charge in [0.15, 0.2) is 0 Å². The summed E-state index contributed by atoms with van der Waals surface area (Å²) in [5, 5.41) is 11.7. The number of hydrogen-bond acceptors (Lipinski definition) is 3. The molecule has 1 unspecified atom stereocenters. The average Bonchev–Trinajstić information content (AvgIpc) is 2.31. The first kappa shape index (κ1) is 14.1. The molecular formula is C13H19NO2S. The van der Waals surface area contributed by atoms with E-state index in [1.54, 1.807) is 0 Å². The van der Waals surface area contributed by atoms with E-state index in [1.807, 2.05) is 11.8 Å². The minimum Gasteiger partial charge on any atom is -0.384 e. The Morgan fingerprint density at radius 3 is 2.59 bits per heavy atom. The SMILES string of the molecule is CCSc1ccc(CCNC(=O)C(C)O)cc1. The molecule has 0 spiro atoms. The molecule has 1 aromatic carbocycles. The van der Waals surface area contributed by atoms with Gasteiger partial charge < -0.3 is 10.4 Å². The molecule has 0 bridgehead atoms. The van der Waals surface area contributed by atoms with Crippen molar-refractivity contribution in [3.05, 3.63) is 29.8 Å². The second-order valence-electron chi connectivity index (χ2n) is 3.79. The van der Waals surface area contributed by atoms with E-state index in [9.17, 15) is 4.79 Å². The van der Waals surface area contributed by atoms with Gasteiger partial charge in [-0.05, 0) is 36.8 Å². The lowest BCUT2D eigenvalue weighted by Gasteiger charge is -2.07. The maximum Gasteiger partial charge on any atom is 0.248 e. The van der Waals surface area contributed by atoms with E-state index in [2.05, 4.69) is 36.5 Å². The van der Waals surface area contributed by atoms with Gasteiger partial charge >= 0.3 is 0 Å². The van der Waals surface area contributed by atoms with Gasteiger partial charge in [-0.25, -0.2) is 0 Å². The van der Waals surface area contributed by atoms with Crippen LogP contribution in [0, 0.1) is 0 Å². The monoisotopic (exact) mass is 253 g/mol. The highest BCUT2D eigenvalue weighted by Gasteiger charge is 2.06. The summed E-state index contributed by atoms with van der Waals surface area (Å²) in [6, 6.07) is 8.35. The summed E-state index contributed by atoms with van der Waals surface area (Å²) in [6.45, 7) is 4.15. The van der Waals surface area contributed by atoms with Crippen molar-refractivity contribution < 1.29 is 9.90 Å². The predicted octanol–water partition coefficient (Wildman–Crippen LogP) is 1.84. The van der Waals surface area contributed by atoms with E-state index in [-0.39, 0.29) is 5.91 Å². The predicted molar refractivity (Wildman–Crippen MR) is 71.2 cm³/mol. The molecule has 4 heteroatoms. The largest absolute Gasteiger partial charge is 0.384 e. The normalized spacial score (nSPS) is 12.2. The van der Waals surface area contributed by atoms with E-state index in [0.29, 0.717) is 6.54 Å². The van der Waals surface area contributed by atoms with Crippen LogP contribution in [0.3, 0.4) is 0 Å². The van der Waals surface area contributed by atoms with E-state index in [4.69, 9.17) is 5.11 Å². The minimum atomic E-state index is -0.932. The first-order chi connectivity index (χ1) is 8.13. The number of hydrogen-bond donors (Lipinski definition) is 2. The Balaban J connectivity index is 2.34. The molecule has 1 aromatic rings. The summed E-state index contributed by atoms with van der Waals surface area (Å²) in [5.74, 6) is 0.757. The number of nitrogens with one attached hydrogen (secondary N) is 1. The molecule has 0 aromatic heterocycles. The molecule has 0 aliphatic heterocycles. The van der Waals surface area contributed by atoms with Crippen LogP contribution >= 0.6 is 11.8 Å². The standard InChI is InChI=1S/C13H19NO2S/c1-3-17-12-6-4-11(5-7-12)8-9-14-13(16)10(2)15/h4-7,10,15H,3,8-9H2,1-2H3,(H,14,16). The van der Waals surface area contributed by atoms with Gasteiger partial charge in [-0.1, -0.05) is 19.1 Å². The molecule has 3 nitrogen and oxygen atoms in total. The summed E-state index contributed by atoms with van der Waals surface area (Å²) in [4.78, 5) is 12.4. The Hall–Kier alpha value is -1.00. The topological polar surface area (TPSA) is 49.3 Å².